The van der Waals surface area contributed by atoms with E-state index in [1.807, 2.05) is 36.2 Å². The normalized spacial score (nSPS) is 10.2. The van der Waals surface area contributed by atoms with E-state index in [2.05, 4.69) is 10.3 Å². The smallest absolute Gasteiger partial charge is 0.276 e. The van der Waals surface area contributed by atoms with Crippen molar-refractivity contribution in [1.82, 2.24) is 4.98 Å². The molecule has 1 heterocycles. The maximum Gasteiger partial charge on any atom is 0.276 e. The average Bonchev–Trinajstić information content (AvgIpc) is 2.49. The minimum atomic E-state index is -0.428. The molecule has 0 spiro atoms. The van der Waals surface area contributed by atoms with Gasteiger partial charge in [0.25, 0.3) is 5.69 Å². The highest BCUT2D eigenvalue weighted by Gasteiger charge is 2.13. The molecule has 2 rings (SSSR count). The first-order valence-electron chi connectivity index (χ1n) is 6.29. The summed E-state index contributed by atoms with van der Waals surface area (Å²) >= 11 is 5.85. The highest BCUT2D eigenvalue weighted by Crippen LogP contribution is 2.23. The Morgan fingerprint density at radius 1 is 1.33 bits per heavy atom. The Labute approximate surface area is 127 Å². The van der Waals surface area contributed by atoms with Crippen LogP contribution in [0.1, 0.15) is 5.56 Å². The molecule has 0 saturated carbocycles. The minimum Gasteiger partial charge on any atom is -0.373 e. The number of benzene rings is 1. The van der Waals surface area contributed by atoms with Gasteiger partial charge in [-0.1, -0.05) is 23.7 Å². The maximum atomic E-state index is 11.0. The molecule has 0 bridgehead atoms. The van der Waals surface area contributed by atoms with Crippen LogP contribution in [-0.4, -0.2) is 24.0 Å². The van der Waals surface area contributed by atoms with E-state index in [1.54, 1.807) is 7.05 Å². The zero-order valence-electron chi connectivity index (χ0n) is 11.7. The van der Waals surface area contributed by atoms with Crippen molar-refractivity contribution in [3.8, 4) is 0 Å². The number of hydrogen-bond acceptors (Lipinski definition) is 5. The van der Waals surface area contributed by atoms with Crippen molar-refractivity contribution in [2.45, 2.75) is 6.54 Å². The number of rotatable bonds is 5. The topological polar surface area (TPSA) is 71.3 Å². The molecule has 7 heteroatoms. The van der Waals surface area contributed by atoms with Crippen LogP contribution in [0, 0.1) is 10.1 Å². The first-order chi connectivity index (χ1) is 9.99. The van der Waals surface area contributed by atoms with E-state index < -0.39 is 4.92 Å². The van der Waals surface area contributed by atoms with Gasteiger partial charge in [0.2, 0.25) is 0 Å². The van der Waals surface area contributed by atoms with Gasteiger partial charge in [-0.25, -0.2) is 4.98 Å². The molecule has 2 aromatic rings. The van der Waals surface area contributed by atoms with E-state index in [1.165, 1.54) is 12.1 Å². The Hall–Kier alpha value is -2.34. The van der Waals surface area contributed by atoms with Gasteiger partial charge in [0, 0.05) is 25.7 Å². The van der Waals surface area contributed by atoms with Crippen LogP contribution < -0.4 is 10.2 Å². The summed E-state index contributed by atoms with van der Waals surface area (Å²) in [4.78, 5) is 16.7. The number of nitro groups is 1. The fraction of sp³-hybridized carbons (Fsp3) is 0.214. The summed E-state index contributed by atoms with van der Waals surface area (Å²) in [5.41, 5.74) is 1.05. The van der Waals surface area contributed by atoms with Gasteiger partial charge in [-0.2, -0.15) is 0 Å². The largest absolute Gasteiger partial charge is 0.373 e. The van der Waals surface area contributed by atoms with Crippen molar-refractivity contribution >= 4 is 28.9 Å². The summed E-state index contributed by atoms with van der Waals surface area (Å²) in [6.07, 6.45) is 0. The van der Waals surface area contributed by atoms with Crippen molar-refractivity contribution in [2.24, 2.45) is 0 Å². The second-order valence-electron chi connectivity index (χ2n) is 4.56. The van der Waals surface area contributed by atoms with Crippen molar-refractivity contribution in [3.63, 3.8) is 0 Å². The van der Waals surface area contributed by atoms with E-state index in [4.69, 9.17) is 11.6 Å². The predicted octanol–water partition coefficient (Wildman–Crippen LogP) is 3.32. The summed E-state index contributed by atoms with van der Waals surface area (Å²) in [7, 11) is 3.51. The van der Waals surface area contributed by atoms with E-state index in [0.29, 0.717) is 23.2 Å². The average molecular weight is 307 g/mol. The quantitative estimate of drug-likeness (QED) is 0.677. The Kier molecular flexibility index (Phi) is 4.59. The van der Waals surface area contributed by atoms with Crippen LogP contribution in [0.4, 0.5) is 17.3 Å². The lowest BCUT2D eigenvalue weighted by Crippen LogP contribution is -2.18. The lowest BCUT2D eigenvalue weighted by atomic mass is 10.2. The zero-order valence-corrected chi connectivity index (χ0v) is 12.5. The van der Waals surface area contributed by atoms with Gasteiger partial charge in [0.1, 0.15) is 11.6 Å². The number of hydrogen-bond donors (Lipinski definition) is 1. The van der Waals surface area contributed by atoms with Crippen molar-refractivity contribution in [1.29, 1.82) is 0 Å². The Morgan fingerprint density at radius 2 is 2.00 bits per heavy atom. The fourth-order valence-electron chi connectivity index (χ4n) is 1.88. The molecule has 0 amide bonds. The number of aromatic nitrogens is 1. The van der Waals surface area contributed by atoms with Crippen molar-refractivity contribution in [2.75, 3.05) is 24.3 Å². The molecule has 0 saturated heterocycles. The van der Waals surface area contributed by atoms with E-state index >= 15 is 0 Å². The number of nitrogens with zero attached hydrogens (tertiary/aromatic N) is 3. The van der Waals surface area contributed by atoms with Gasteiger partial charge in [-0.05, 0) is 17.7 Å². The lowest BCUT2D eigenvalue weighted by Gasteiger charge is -2.19. The van der Waals surface area contributed by atoms with Crippen molar-refractivity contribution in [3.05, 3.63) is 57.1 Å². The SMILES string of the molecule is CNc1cc([N+](=O)[O-])cc(N(C)Cc2ccc(Cl)cc2)n1. The molecule has 0 aliphatic rings. The summed E-state index contributed by atoms with van der Waals surface area (Å²) in [6, 6.07) is 10.3. The first kappa shape index (κ1) is 15.1. The van der Waals surface area contributed by atoms with Crippen LogP contribution >= 0.6 is 11.6 Å². The summed E-state index contributed by atoms with van der Waals surface area (Å²) < 4.78 is 0. The fourth-order valence-corrected chi connectivity index (χ4v) is 2.00. The molecule has 0 aliphatic carbocycles. The second kappa shape index (κ2) is 6.41. The summed E-state index contributed by atoms with van der Waals surface area (Å²) in [5.74, 6) is 0.991. The molecule has 0 fully saturated rings. The van der Waals surface area contributed by atoms with Gasteiger partial charge in [-0.15, -0.1) is 0 Å². The highest BCUT2D eigenvalue weighted by atomic mass is 35.5. The third-order valence-electron chi connectivity index (χ3n) is 2.99. The van der Waals surface area contributed by atoms with E-state index in [9.17, 15) is 10.1 Å². The van der Waals surface area contributed by atoms with Gasteiger partial charge in [0.05, 0.1) is 17.1 Å². The zero-order chi connectivity index (χ0) is 15.4. The minimum absolute atomic E-state index is 0.00676. The number of anilines is 2. The standard InChI is InChI=1S/C14H15ClN4O2/c1-16-13-7-12(19(20)21)8-14(17-13)18(2)9-10-3-5-11(15)6-4-10/h3-8H,9H2,1-2H3,(H,16,17). The third-order valence-corrected chi connectivity index (χ3v) is 3.24. The lowest BCUT2D eigenvalue weighted by molar-refractivity contribution is -0.384. The first-order valence-corrected chi connectivity index (χ1v) is 6.67. The molecule has 21 heavy (non-hydrogen) atoms. The highest BCUT2D eigenvalue weighted by molar-refractivity contribution is 6.30. The molecule has 110 valence electrons. The Balaban J connectivity index is 2.25. The van der Waals surface area contributed by atoms with Gasteiger partial charge >= 0.3 is 0 Å². The van der Waals surface area contributed by atoms with Crippen LogP contribution in [0.25, 0.3) is 0 Å². The Morgan fingerprint density at radius 3 is 2.57 bits per heavy atom. The van der Waals surface area contributed by atoms with E-state index in [0.717, 1.165) is 5.56 Å². The molecular formula is C14H15ClN4O2. The number of nitrogens with one attached hydrogen (secondary N) is 1. The van der Waals surface area contributed by atoms with E-state index in [-0.39, 0.29) is 5.69 Å². The summed E-state index contributed by atoms with van der Waals surface area (Å²) in [6.45, 7) is 0.578. The van der Waals surface area contributed by atoms with Gasteiger partial charge in [-0.3, -0.25) is 10.1 Å². The molecule has 0 atom stereocenters. The third kappa shape index (κ3) is 3.82. The molecule has 0 unspecified atom stereocenters. The van der Waals surface area contributed by atoms with Gasteiger partial charge in [0.15, 0.2) is 0 Å². The molecule has 1 aromatic heterocycles. The molecule has 1 N–H and O–H groups in total. The van der Waals surface area contributed by atoms with Crippen LogP contribution in [-0.2, 0) is 6.54 Å². The number of halogens is 1. The van der Waals surface area contributed by atoms with Crippen LogP contribution in [0.5, 0.6) is 0 Å². The van der Waals surface area contributed by atoms with Crippen LogP contribution in [0.2, 0.25) is 5.02 Å². The van der Waals surface area contributed by atoms with Crippen LogP contribution in [0.15, 0.2) is 36.4 Å². The second-order valence-corrected chi connectivity index (χ2v) is 4.99. The molecule has 6 nitrogen and oxygen atoms in total. The monoisotopic (exact) mass is 306 g/mol. The summed E-state index contributed by atoms with van der Waals surface area (Å²) in [5, 5.41) is 14.5. The Bertz CT molecular complexity index is 646. The van der Waals surface area contributed by atoms with Crippen molar-refractivity contribution < 1.29 is 4.92 Å². The predicted molar refractivity (Wildman–Crippen MR) is 84.0 cm³/mol. The maximum absolute atomic E-state index is 11.0. The molecule has 1 aromatic carbocycles. The molecular weight excluding hydrogens is 292 g/mol. The number of pyridine rings is 1. The molecule has 0 radical (unpaired) electrons. The van der Waals surface area contributed by atoms with Crippen LogP contribution in [0.3, 0.4) is 0 Å². The van der Waals surface area contributed by atoms with Gasteiger partial charge < -0.3 is 10.2 Å². The molecule has 0 aliphatic heterocycles.